The van der Waals surface area contributed by atoms with Gasteiger partial charge in [-0.2, -0.15) is 9.97 Å². The van der Waals surface area contributed by atoms with Gasteiger partial charge in [0.15, 0.2) is 5.82 Å². The number of likely N-dealkylation sites (N-methyl/N-ethyl adjacent to an activating group) is 1. The van der Waals surface area contributed by atoms with Crippen molar-refractivity contribution in [1.29, 1.82) is 0 Å². The summed E-state index contributed by atoms with van der Waals surface area (Å²) in [6, 6.07) is 12.0. The van der Waals surface area contributed by atoms with E-state index in [4.69, 9.17) is 9.72 Å². The van der Waals surface area contributed by atoms with Crippen LogP contribution >= 0.6 is 0 Å². The van der Waals surface area contributed by atoms with Crippen LogP contribution in [0.2, 0.25) is 0 Å². The summed E-state index contributed by atoms with van der Waals surface area (Å²) in [4.78, 5) is 18.6. The van der Waals surface area contributed by atoms with Gasteiger partial charge in [-0.1, -0.05) is 24.3 Å². The van der Waals surface area contributed by atoms with E-state index in [0.717, 1.165) is 56.1 Å². The van der Waals surface area contributed by atoms with Gasteiger partial charge in [0.25, 0.3) is 0 Å². The number of likely N-dealkylation sites (tertiary alicyclic amines) is 1. The molecule has 4 aromatic rings. The third-order valence-electron chi connectivity index (χ3n) is 8.67. The van der Waals surface area contributed by atoms with Crippen LogP contribution in [0.1, 0.15) is 32.6 Å². The van der Waals surface area contributed by atoms with Gasteiger partial charge < -0.3 is 20.1 Å². The van der Waals surface area contributed by atoms with E-state index in [2.05, 4.69) is 32.1 Å². The monoisotopic (exact) mass is 528 g/mol. The minimum atomic E-state index is -0.541. The quantitative estimate of drug-likeness (QED) is 0.392. The van der Waals surface area contributed by atoms with Gasteiger partial charge in [-0.3, -0.25) is 9.88 Å². The number of hydrogen-bond donors (Lipinski definition) is 2. The lowest BCUT2D eigenvalue weighted by atomic mass is 10.00. The first-order valence-corrected chi connectivity index (χ1v) is 13.9. The van der Waals surface area contributed by atoms with Crippen LogP contribution in [-0.4, -0.2) is 75.9 Å². The molecule has 39 heavy (non-hydrogen) atoms. The fourth-order valence-corrected chi connectivity index (χ4v) is 6.74. The number of pyridine rings is 1. The Labute approximate surface area is 226 Å². The highest BCUT2D eigenvalue weighted by atomic mass is 19.1. The Hall–Kier alpha value is -3.56. The van der Waals surface area contributed by atoms with Crippen molar-refractivity contribution in [2.24, 2.45) is 0 Å². The molecule has 2 N–H and O–H groups in total. The molecule has 0 aliphatic carbocycles. The van der Waals surface area contributed by atoms with E-state index >= 15 is 4.39 Å². The second-order valence-corrected chi connectivity index (χ2v) is 11.3. The summed E-state index contributed by atoms with van der Waals surface area (Å²) in [5.74, 6) is 0.183. The second-order valence-electron chi connectivity index (χ2n) is 11.3. The summed E-state index contributed by atoms with van der Waals surface area (Å²) in [6.07, 6.45) is 5.96. The second kappa shape index (κ2) is 9.57. The first-order valence-electron chi connectivity index (χ1n) is 13.9. The Kier molecular flexibility index (Phi) is 6.01. The maximum Gasteiger partial charge on any atom is 0.319 e. The van der Waals surface area contributed by atoms with E-state index in [1.165, 1.54) is 0 Å². The number of ether oxygens (including phenoxy) is 1. The molecule has 2 bridgehead atoms. The molecule has 202 valence electrons. The zero-order valence-corrected chi connectivity index (χ0v) is 22.3. The van der Waals surface area contributed by atoms with Crippen molar-refractivity contribution in [3.8, 4) is 23.0 Å². The van der Waals surface area contributed by atoms with Crippen LogP contribution in [0.15, 0.2) is 42.6 Å². The van der Waals surface area contributed by atoms with Gasteiger partial charge >= 0.3 is 6.01 Å². The van der Waals surface area contributed by atoms with Crippen LogP contribution in [0.3, 0.4) is 0 Å². The molecule has 0 saturated carbocycles. The number of halogens is 1. The van der Waals surface area contributed by atoms with E-state index in [1.807, 2.05) is 31.2 Å². The molecule has 0 radical (unpaired) electrons. The summed E-state index contributed by atoms with van der Waals surface area (Å²) >= 11 is 0. The third kappa shape index (κ3) is 4.33. The Morgan fingerprint density at radius 3 is 2.64 bits per heavy atom. The number of rotatable bonds is 5. The van der Waals surface area contributed by atoms with Crippen molar-refractivity contribution in [2.45, 2.75) is 56.8 Å². The maximum absolute atomic E-state index is 16.5. The highest BCUT2D eigenvalue weighted by molar-refractivity contribution is 5.99. The highest BCUT2D eigenvalue weighted by Gasteiger charge is 2.35. The van der Waals surface area contributed by atoms with Crippen LogP contribution in [0.25, 0.3) is 32.9 Å². The van der Waals surface area contributed by atoms with Crippen molar-refractivity contribution in [3.63, 3.8) is 0 Å². The number of phenolic OH excluding ortho intramolecular Hbond substituents is 1. The number of hydrogen-bond acceptors (Lipinski definition) is 8. The topological polar surface area (TPSA) is 86.6 Å². The summed E-state index contributed by atoms with van der Waals surface area (Å²) < 4.78 is 22.8. The fraction of sp³-hybridized carbons (Fsp3) is 0.433. The number of fused-ring (bicyclic) bond motifs is 4. The lowest BCUT2D eigenvalue weighted by molar-refractivity contribution is 0.112. The minimum Gasteiger partial charge on any atom is -0.508 e. The number of anilines is 1. The largest absolute Gasteiger partial charge is 0.508 e. The Morgan fingerprint density at radius 2 is 1.87 bits per heavy atom. The maximum atomic E-state index is 16.5. The number of nitrogens with zero attached hydrogens (tertiary/aromatic N) is 5. The molecule has 5 heterocycles. The number of aromatic nitrogens is 3. The Morgan fingerprint density at radius 1 is 1.08 bits per heavy atom. The zero-order valence-electron chi connectivity index (χ0n) is 22.3. The van der Waals surface area contributed by atoms with E-state index in [0.29, 0.717) is 28.9 Å². The van der Waals surface area contributed by atoms with Crippen molar-refractivity contribution < 1.29 is 14.2 Å². The zero-order chi connectivity index (χ0) is 26.7. The summed E-state index contributed by atoms with van der Waals surface area (Å²) in [7, 11) is 2.11. The molecule has 3 fully saturated rings. The molecule has 3 aliphatic heterocycles. The molecule has 8 nitrogen and oxygen atoms in total. The normalized spacial score (nSPS) is 24.1. The summed E-state index contributed by atoms with van der Waals surface area (Å²) in [5, 5.41) is 16.2. The number of nitrogens with one attached hydrogen (secondary N) is 1. The van der Waals surface area contributed by atoms with Crippen molar-refractivity contribution >= 4 is 27.5 Å². The molecule has 2 unspecified atom stereocenters. The van der Waals surface area contributed by atoms with Crippen molar-refractivity contribution in [3.05, 3.63) is 48.4 Å². The molecule has 0 spiro atoms. The van der Waals surface area contributed by atoms with Crippen LogP contribution in [0.5, 0.6) is 11.8 Å². The number of piperazine rings is 1. The van der Waals surface area contributed by atoms with Gasteiger partial charge in [-0.25, -0.2) is 4.39 Å². The van der Waals surface area contributed by atoms with Gasteiger partial charge in [0.2, 0.25) is 0 Å². The molecule has 2 aromatic heterocycles. The molecular weight excluding hydrogens is 495 g/mol. The van der Waals surface area contributed by atoms with Gasteiger partial charge in [0.05, 0.1) is 5.39 Å². The first-order chi connectivity index (χ1) is 18.9. The molecule has 3 aliphatic rings. The Bertz CT molecular complexity index is 1550. The lowest BCUT2D eigenvalue weighted by Gasteiger charge is -2.34. The highest BCUT2D eigenvalue weighted by Crippen LogP contribution is 2.38. The molecule has 7 rings (SSSR count). The predicted molar refractivity (Wildman–Crippen MR) is 150 cm³/mol. The van der Waals surface area contributed by atoms with Gasteiger partial charge in [0.1, 0.15) is 28.9 Å². The molecule has 4 atom stereocenters. The first kappa shape index (κ1) is 24.5. The van der Waals surface area contributed by atoms with Gasteiger partial charge in [0, 0.05) is 43.0 Å². The Balaban J connectivity index is 1.37. The summed E-state index contributed by atoms with van der Waals surface area (Å²) in [5.41, 5.74) is 0.855. The minimum absolute atomic E-state index is 0.0585. The predicted octanol–water partition coefficient (Wildman–Crippen LogP) is 4.49. The molecule has 2 aromatic carbocycles. The number of phenols is 1. The molecule has 0 amide bonds. The average Bonchev–Trinajstić information content (AvgIpc) is 3.52. The molecular formula is C30H33FN6O2. The van der Waals surface area contributed by atoms with Crippen LogP contribution in [0, 0.1) is 5.82 Å². The van der Waals surface area contributed by atoms with Crippen LogP contribution in [0.4, 0.5) is 10.2 Å². The van der Waals surface area contributed by atoms with Crippen LogP contribution in [-0.2, 0) is 0 Å². The van der Waals surface area contributed by atoms with Crippen LogP contribution < -0.4 is 15.0 Å². The van der Waals surface area contributed by atoms with E-state index in [1.54, 1.807) is 18.3 Å². The summed E-state index contributed by atoms with van der Waals surface area (Å²) in [6.45, 7) is 4.67. The van der Waals surface area contributed by atoms with E-state index in [9.17, 15) is 5.11 Å². The standard InChI is InChI=1S/C30H33FN6O2/c1-17(25-8-5-11-36(25)2)39-30-34-28-24(29(35-30)37-15-19-9-10-20(16-37)33-19)14-32-27(26(28)31)23-13-21(38)12-18-6-3-4-7-22(18)23/h3-4,6-7,12-14,17,19-20,25,33,38H,5,8-11,15-16H2,1-2H3/t17?,19-,20+,25?. The van der Waals surface area contributed by atoms with E-state index < -0.39 is 5.82 Å². The smallest absolute Gasteiger partial charge is 0.319 e. The SMILES string of the molecule is CC(Oc1nc(N2C[C@H]3CC[C@@H](C2)N3)c2cnc(-c3cc(O)cc4ccccc34)c(F)c2n1)C1CCCN1C. The average molecular weight is 529 g/mol. The fourth-order valence-electron chi connectivity index (χ4n) is 6.74. The van der Waals surface area contributed by atoms with Gasteiger partial charge in [-0.15, -0.1) is 0 Å². The lowest BCUT2D eigenvalue weighted by Crippen LogP contribution is -2.51. The molecule has 9 heteroatoms. The third-order valence-corrected chi connectivity index (χ3v) is 8.67. The number of benzene rings is 2. The van der Waals surface area contributed by atoms with E-state index in [-0.39, 0.29) is 35.1 Å². The number of aromatic hydroxyl groups is 1. The van der Waals surface area contributed by atoms with Crippen molar-refractivity contribution in [1.82, 2.24) is 25.2 Å². The molecule has 3 saturated heterocycles. The van der Waals surface area contributed by atoms with Gasteiger partial charge in [-0.05, 0) is 69.1 Å². The van der Waals surface area contributed by atoms with Crippen molar-refractivity contribution in [2.75, 3.05) is 31.6 Å².